The molecule has 1 fully saturated rings. The molecule has 2 atom stereocenters. The average Bonchev–Trinajstić information content (AvgIpc) is 3.47. The number of nitrogens with zero attached hydrogens (tertiary/aromatic N) is 3. The molecule has 5 nitrogen and oxygen atoms in total. The normalized spacial score (nSPS) is 18.1. The van der Waals surface area contributed by atoms with Crippen molar-refractivity contribution in [1.29, 1.82) is 0 Å². The van der Waals surface area contributed by atoms with E-state index in [1.165, 1.54) is 0 Å². The highest BCUT2D eigenvalue weighted by molar-refractivity contribution is 6.10. The molecule has 224 valence electrons. The second-order valence-electron chi connectivity index (χ2n) is 11.5. The quantitative estimate of drug-likeness (QED) is 0.219. The summed E-state index contributed by atoms with van der Waals surface area (Å²) < 4.78 is 60.9. The topological polar surface area (TPSA) is 53.5 Å². The van der Waals surface area contributed by atoms with Crippen LogP contribution in [-0.4, -0.2) is 35.4 Å². The maximum Gasteiger partial charge on any atom is 0.417 e. The lowest BCUT2D eigenvalue weighted by Gasteiger charge is -2.36. The summed E-state index contributed by atoms with van der Waals surface area (Å²) in [6, 6.07) is 14.7. The van der Waals surface area contributed by atoms with Crippen molar-refractivity contribution < 1.29 is 22.3 Å². The minimum absolute atomic E-state index is 0.0817. The molecule has 0 saturated carbocycles. The van der Waals surface area contributed by atoms with Gasteiger partial charge in [0.25, 0.3) is 0 Å². The first-order chi connectivity index (χ1) is 20.6. The zero-order valence-electron chi connectivity index (χ0n) is 24.4. The van der Waals surface area contributed by atoms with Crippen LogP contribution in [0.5, 0.6) is 5.75 Å². The molecular weight excluding hydrogens is 556 g/mol. The number of nitrogens with one attached hydrogen (secondary N) is 1. The molecule has 0 aliphatic carbocycles. The molecule has 0 amide bonds. The van der Waals surface area contributed by atoms with Gasteiger partial charge in [-0.1, -0.05) is 38.5 Å². The third-order valence-electron chi connectivity index (χ3n) is 8.58. The molecule has 2 unspecified atom stereocenters. The zero-order chi connectivity index (χ0) is 30.3. The number of aryl methyl sites for hydroxylation is 1. The van der Waals surface area contributed by atoms with Crippen LogP contribution in [0.4, 0.5) is 23.4 Å². The number of halogens is 4. The number of pyridine rings is 1. The molecule has 2 aromatic carbocycles. The number of aromatic nitrogens is 2. The summed E-state index contributed by atoms with van der Waals surface area (Å²) in [7, 11) is 0. The molecule has 4 heterocycles. The van der Waals surface area contributed by atoms with Gasteiger partial charge >= 0.3 is 6.18 Å². The lowest BCUT2D eigenvalue weighted by Crippen LogP contribution is -2.39. The molecule has 0 spiro atoms. The number of alkyl halides is 3. The standard InChI is InChI=1S/C34H34F4N4O/c1-4-20(2)19-43-31-7-5-6-21(3)32(31)30-16-25(22-8-9-28-23(14-22)10-12-39-28)26-18-42(13-11-29(26)41-30)33-27(35)15-24(17-40-33)34(36,37)38/h5-10,12,14-15,17,20,30,39H,4,11,13,16,18-19H2,1-3H3. The number of aliphatic imine (C=N–C) groups is 1. The highest BCUT2D eigenvalue weighted by atomic mass is 19.4. The van der Waals surface area contributed by atoms with E-state index in [2.05, 4.69) is 48.9 Å². The van der Waals surface area contributed by atoms with Crippen LogP contribution in [0, 0.1) is 18.7 Å². The van der Waals surface area contributed by atoms with Gasteiger partial charge in [-0.05, 0) is 70.8 Å². The maximum absolute atomic E-state index is 15.0. The molecule has 4 aromatic rings. The number of rotatable bonds is 7. The number of hydrogen-bond acceptors (Lipinski definition) is 4. The third-order valence-corrected chi connectivity index (χ3v) is 8.58. The molecule has 2 aromatic heterocycles. The Labute approximate surface area is 248 Å². The Bertz CT molecular complexity index is 1720. The van der Waals surface area contributed by atoms with Gasteiger partial charge in [-0.3, -0.25) is 4.99 Å². The van der Waals surface area contributed by atoms with Gasteiger partial charge in [0.05, 0.1) is 18.2 Å². The Morgan fingerprint density at radius 1 is 1.12 bits per heavy atom. The molecule has 1 N–H and O–H groups in total. The molecule has 9 heteroatoms. The van der Waals surface area contributed by atoms with E-state index < -0.39 is 17.6 Å². The van der Waals surface area contributed by atoms with Crippen molar-refractivity contribution in [3.63, 3.8) is 0 Å². The van der Waals surface area contributed by atoms with E-state index in [0.29, 0.717) is 50.7 Å². The van der Waals surface area contributed by atoms with Gasteiger partial charge in [-0.25, -0.2) is 9.37 Å². The van der Waals surface area contributed by atoms with Crippen molar-refractivity contribution in [1.82, 2.24) is 9.97 Å². The van der Waals surface area contributed by atoms with Gasteiger partial charge in [-0.15, -0.1) is 0 Å². The average molecular weight is 591 g/mol. The molecule has 6 rings (SSSR count). The molecular formula is C34H34F4N4O. The second kappa shape index (κ2) is 11.5. The number of aromatic amines is 1. The Kier molecular flexibility index (Phi) is 7.75. The van der Waals surface area contributed by atoms with Crippen molar-refractivity contribution in [3.05, 3.63) is 94.6 Å². The summed E-state index contributed by atoms with van der Waals surface area (Å²) in [6.45, 7) is 7.71. The van der Waals surface area contributed by atoms with Crippen LogP contribution in [0.1, 0.15) is 61.4 Å². The Morgan fingerprint density at radius 3 is 2.72 bits per heavy atom. The van der Waals surface area contributed by atoms with Gasteiger partial charge < -0.3 is 14.6 Å². The SMILES string of the molecule is CCC(C)COc1cccc(C)c1C1CC(c2ccc3[nH]ccc3c2)=C2CN(c3ncc(C(F)(F)F)cc3F)CCC2=N1. The van der Waals surface area contributed by atoms with Crippen LogP contribution >= 0.6 is 0 Å². The van der Waals surface area contributed by atoms with Crippen molar-refractivity contribution in [3.8, 4) is 5.75 Å². The van der Waals surface area contributed by atoms with Crippen LogP contribution < -0.4 is 9.64 Å². The predicted octanol–water partition coefficient (Wildman–Crippen LogP) is 8.70. The molecule has 2 aliphatic rings. The van der Waals surface area contributed by atoms with Gasteiger partial charge in [-0.2, -0.15) is 13.2 Å². The summed E-state index contributed by atoms with van der Waals surface area (Å²) in [5.41, 5.74) is 6.12. The van der Waals surface area contributed by atoms with Crippen LogP contribution in [0.15, 0.2) is 71.5 Å². The van der Waals surface area contributed by atoms with Gasteiger partial charge in [0.15, 0.2) is 11.6 Å². The van der Waals surface area contributed by atoms with Gasteiger partial charge in [0, 0.05) is 55.1 Å². The summed E-state index contributed by atoms with van der Waals surface area (Å²) in [6.07, 6.45) is 0.0852. The van der Waals surface area contributed by atoms with Crippen LogP contribution in [-0.2, 0) is 6.18 Å². The van der Waals surface area contributed by atoms with Crippen molar-refractivity contribution in [2.45, 2.75) is 52.3 Å². The summed E-state index contributed by atoms with van der Waals surface area (Å²) in [4.78, 5) is 14.1. The fourth-order valence-corrected chi connectivity index (χ4v) is 5.97. The molecule has 43 heavy (non-hydrogen) atoms. The number of hydrogen-bond donors (Lipinski definition) is 1. The third kappa shape index (κ3) is 5.77. The largest absolute Gasteiger partial charge is 0.493 e. The van der Waals surface area contributed by atoms with E-state index in [1.807, 2.05) is 30.5 Å². The van der Waals surface area contributed by atoms with Crippen LogP contribution in [0.2, 0.25) is 0 Å². The zero-order valence-corrected chi connectivity index (χ0v) is 24.4. The van der Waals surface area contributed by atoms with Gasteiger partial charge in [0.1, 0.15) is 5.75 Å². The monoisotopic (exact) mass is 590 g/mol. The van der Waals surface area contributed by atoms with E-state index in [1.54, 1.807) is 4.90 Å². The Morgan fingerprint density at radius 2 is 1.95 bits per heavy atom. The lowest BCUT2D eigenvalue weighted by atomic mass is 9.82. The fourth-order valence-electron chi connectivity index (χ4n) is 5.97. The number of fused-ring (bicyclic) bond motifs is 2. The molecule has 0 bridgehead atoms. The lowest BCUT2D eigenvalue weighted by molar-refractivity contribution is -0.138. The minimum Gasteiger partial charge on any atom is -0.493 e. The maximum atomic E-state index is 15.0. The second-order valence-corrected chi connectivity index (χ2v) is 11.5. The molecule has 1 saturated heterocycles. The van der Waals surface area contributed by atoms with Gasteiger partial charge in [0.2, 0.25) is 0 Å². The van der Waals surface area contributed by atoms with Crippen molar-refractivity contribution >= 4 is 28.0 Å². The summed E-state index contributed by atoms with van der Waals surface area (Å²) in [5.74, 6) is 0.196. The summed E-state index contributed by atoms with van der Waals surface area (Å²) >= 11 is 0. The highest BCUT2D eigenvalue weighted by Gasteiger charge is 2.35. The van der Waals surface area contributed by atoms with E-state index in [9.17, 15) is 13.2 Å². The fraction of sp³-hybridized carbons (Fsp3) is 0.353. The smallest absolute Gasteiger partial charge is 0.417 e. The van der Waals surface area contributed by atoms with E-state index in [0.717, 1.165) is 56.6 Å². The molecule has 2 aliphatic heterocycles. The van der Waals surface area contributed by atoms with Crippen molar-refractivity contribution in [2.24, 2.45) is 10.9 Å². The summed E-state index contributed by atoms with van der Waals surface area (Å²) in [5, 5.41) is 1.07. The Hall–Kier alpha value is -4.14. The number of benzene rings is 2. The van der Waals surface area contributed by atoms with Crippen LogP contribution in [0.3, 0.4) is 0 Å². The number of dihydropyridines is 1. The predicted molar refractivity (Wildman–Crippen MR) is 162 cm³/mol. The number of H-pyrrole nitrogens is 1. The molecule has 0 radical (unpaired) electrons. The first-order valence-corrected chi connectivity index (χ1v) is 14.7. The highest BCUT2D eigenvalue weighted by Crippen LogP contribution is 2.44. The number of anilines is 1. The van der Waals surface area contributed by atoms with E-state index in [-0.39, 0.29) is 11.9 Å². The number of ether oxygens (including phenoxy) is 1. The van der Waals surface area contributed by atoms with E-state index >= 15 is 4.39 Å². The minimum atomic E-state index is -4.66. The van der Waals surface area contributed by atoms with Crippen molar-refractivity contribution in [2.75, 3.05) is 24.6 Å². The Balaban J connectivity index is 1.40. The first kappa shape index (κ1) is 29.0. The first-order valence-electron chi connectivity index (χ1n) is 14.7. The number of piperidine rings is 1. The van der Waals surface area contributed by atoms with Crippen LogP contribution in [0.25, 0.3) is 16.5 Å². The van der Waals surface area contributed by atoms with E-state index in [4.69, 9.17) is 9.73 Å².